The van der Waals surface area contributed by atoms with Gasteiger partial charge in [-0.15, -0.1) is 5.10 Å². The van der Waals surface area contributed by atoms with Gasteiger partial charge >= 0.3 is 6.18 Å². The highest BCUT2D eigenvalue weighted by Crippen LogP contribution is 2.33. The number of hydrogen-bond acceptors (Lipinski definition) is 6. The van der Waals surface area contributed by atoms with E-state index in [0.717, 1.165) is 10.9 Å². The third-order valence-electron chi connectivity index (χ3n) is 7.29. The van der Waals surface area contributed by atoms with Crippen LogP contribution < -0.4 is 10.9 Å². The first kappa shape index (κ1) is 29.9. The van der Waals surface area contributed by atoms with E-state index in [0.29, 0.717) is 41.0 Å². The molecule has 1 aliphatic heterocycles. The summed E-state index contributed by atoms with van der Waals surface area (Å²) in [6.45, 7) is 1.77. The number of carbonyl (C=O) groups excluding carboxylic acids is 1. The second-order valence-corrected chi connectivity index (χ2v) is 10.8. The third kappa shape index (κ3) is 6.11. The number of benzene rings is 2. The fourth-order valence-corrected chi connectivity index (χ4v) is 5.11. The molecule has 0 aliphatic carbocycles. The minimum absolute atomic E-state index is 0.136. The van der Waals surface area contributed by atoms with Gasteiger partial charge in [-0.05, 0) is 61.4 Å². The van der Waals surface area contributed by atoms with Crippen LogP contribution in [0.2, 0.25) is 5.02 Å². The molecule has 228 valence electrons. The van der Waals surface area contributed by atoms with Gasteiger partial charge in [0.25, 0.3) is 5.56 Å². The lowest BCUT2D eigenvalue weighted by Crippen LogP contribution is -2.22. The predicted molar refractivity (Wildman–Crippen MR) is 159 cm³/mol. The van der Waals surface area contributed by atoms with E-state index in [2.05, 4.69) is 25.6 Å². The summed E-state index contributed by atoms with van der Waals surface area (Å²) in [7, 11) is 0. The molecule has 3 aromatic heterocycles. The van der Waals surface area contributed by atoms with E-state index in [-0.39, 0.29) is 27.9 Å². The largest absolute Gasteiger partial charge is 0.436 e. The van der Waals surface area contributed by atoms with Crippen molar-refractivity contribution in [1.29, 1.82) is 0 Å². The van der Waals surface area contributed by atoms with E-state index in [1.165, 1.54) is 59.6 Å². The van der Waals surface area contributed by atoms with Crippen molar-refractivity contribution in [3.8, 4) is 28.2 Å². The normalized spacial score (nSPS) is 16.5. The molecule has 0 unspecified atom stereocenters. The van der Waals surface area contributed by atoms with Crippen molar-refractivity contribution in [1.82, 2.24) is 29.5 Å². The number of alkyl halides is 3. The summed E-state index contributed by atoms with van der Waals surface area (Å²) in [6.07, 6.45) is 1.53. The lowest BCUT2D eigenvalue weighted by molar-refractivity contribution is -0.141. The number of pyridine rings is 1. The van der Waals surface area contributed by atoms with Crippen LogP contribution in [0.15, 0.2) is 84.2 Å². The lowest BCUT2D eigenvalue weighted by Gasteiger charge is -2.18. The monoisotopic (exact) mass is 635 g/mol. The summed E-state index contributed by atoms with van der Waals surface area (Å²) in [5, 5.41) is 9.94. The number of anilines is 1. The molecule has 0 fully saturated rings. The molecule has 2 bridgehead atoms. The zero-order chi connectivity index (χ0) is 31.9. The molecule has 14 heteroatoms. The van der Waals surface area contributed by atoms with Crippen LogP contribution in [0.3, 0.4) is 0 Å². The standard InChI is InChI=1S/C31H22ClF4N7O2/c1-17-3-2-4-26(18-9-10-37-24(11-18)21-13-20(33)6-7-23(21)39-30(17)45)42-16-38-25(14-29(42)44)22-12-19(32)5-8-27(22)43-15-28(40-41-43)31(34,35)36/h4-17H,2-3H2,1H3,(H,39,45)/b26-4+/t17-/m1/s1. The van der Waals surface area contributed by atoms with Gasteiger partial charge in [-0.1, -0.05) is 29.8 Å². The number of carbonyl (C=O) groups is 1. The van der Waals surface area contributed by atoms with E-state index < -0.39 is 29.2 Å². The Morgan fingerprint density at radius 2 is 1.78 bits per heavy atom. The number of fused-ring (bicyclic) bond motifs is 4. The quantitative estimate of drug-likeness (QED) is 0.223. The molecular formula is C31H22ClF4N7O2. The molecule has 6 rings (SSSR count). The van der Waals surface area contributed by atoms with Crippen LogP contribution >= 0.6 is 11.6 Å². The highest BCUT2D eigenvalue weighted by molar-refractivity contribution is 6.31. The highest BCUT2D eigenvalue weighted by atomic mass is 35.5. The van der Waals surface area contributed by atoms with E-state index >= 15 is 0 Å². The fraction of sp³-hybridized carbons (Fsp3) is 0.161. The molecule has 1 N–H and O–H groups in total. The Balaban J connectivity index is 1.45. The summed E-state index contributed by atoms with van der Waals surface area (Å²) >= 11 is 6.21. The van der Waals surface area contributed by atoms with E-state index in [4.69, 9.17) is 11.6 Å². The maximum Gasteiger partial charge on any atom is 0.436 e. The van der Waals surface area contributed by atoms with Crippen molar-refractivity contribution in [2.75, 3.05) is 5.32 Å². The van der Waals surface area contributed by atoms with Crippen LogP contribution in [0.25, 0.3) is 33.9 Å². The van der Waals surface area contributed by atoms with Gasteiger partial charge in [0, 0.05) is 39.9 Å². The van der Waals surface area contributed by atoms with Gasteiger partial charge in [0.2, 0.25) is 5.91 Å². The number of nitrogens with one attached hydrogen (secondary N) is 1. The van der Waals surface area contributed by atoms with Crippen molar-refractivity contribution < 1.29 is 22.4 Å². The molecule has 0 radical (unpaired) electrons. The van der Waals surface area contributed by atoms with Crippen LogP contribution in [0.4, 0.5) is 23.2 Å². The maximum absolute atomic E-state index is 14.3. The van der Waals surface area contributed by atoms with Crippen molar-refractivity contribution in [3.05, 3.63) is 112 Å². The third-order valence-corrected chi connectivity index (χ3v) is 7.53. The molecule has 1 amide bonds. The average Bonchev–Trinajstić information content (AvgIpc) is 3.51. The molecule has 9 nitrogen and oxygen atoms in total. The Hall–Kier alpha value is -5.17. The second-order valence-electron chi connectivity index (χ2n) is 10.4. The molecule has 0 saturated carbocycles. The Morgan fingerprint density at radius 3 is 2.53 bits per heavy atom. The fourth-order valence-electron chi connectivity index (χ4n) is 4.94. The number of hydrogen-bond donors (Lipinski definition) is 1. The Labute approximate surface area is 257 Å². The van der Waals surface area contributed by atoms with Crippen molar-refractivity contribution in [3.63, 3.8) is 0 Å². The Bertz CT molecular complexity index is 2040. The van der Waals surface area contributed by atoms with Crippen LogP contribution in [-0.4, -0.2) is 35.4 Å². The second kappa shape index (κ2) is 11.7. The molecule has 2 aromatic carbocycles. The Morgan fingerprint density at radius 1 is 0.978 bits per heavy atom. The van der Waals surface area contributed by atoms with Crippen molar-refractivity contribution >= 4 is 28.9 Å². The summed E-state index contributed by atoms with van der Waals surface area (Å²) in [6, 6.07) is 13.0. The van der Waals surface area contributed by atoms with Crippen LogP contribution in [0.1, 0.15) is 31.0 Å². The first-order valence-electron chi connectivity index (χ1n) is 13.6. The molecule has 0 spiro atoms. The minimum atomic E-state index is -4.70. The molecule has 45 heavy (non-hydrogen) atoms. The molecule has 0 saturated heterocycles. The van der Waals surface area contributed by atoms with Gasteiger partial charge in [0.1, 0.15) is 12.1 Å². The summed E-state index contributed by atoms with van der Waals surface area (Å²) < 4.78 is 56.1. The lowest BCUT2D eigenvalue weighted by atomic mass is 9.99. The van der Waals surface area contributed by atoms with Crippen molar-refractivity contribution in [2.24, 2.45) is 5.92 Å². The zero-order valence-corrected chi connectivity index (χ0v) is 24.1. The maximum atomic E-state index is 14.3. The summed E-state index contributed by atoms with van der Waals surface area (Å²) in [4.78, 5) is 35.4. The van der Waals surface area contributed by atoms with Gasteiger partial charge in [-0.3, -0.25) is 19.1 Å². The summed E-state index contributed by atoms with van der Waals surface area (Å²) in [5.41, 5.74) is 1.04. The van der Waals surface area contributed by atoms with E-state index in [1.807, 2.05) is 0 Å². The van der Waals surface area contributed by atoms with Crippen LogP contribution in [-0.2, 0) is 11.0 Å². The van der Waals surface area contributed by atoms with E-state index in [1.54, 1.807) is 25.1 Å². The molecular weight excluding hydrogens is 614 g/mol. The minimum Gasteiger partial charge on any atom is -0.325 e. The number of aromatic nitrogens is 6. The summed E-state index contributed by atoms with van der Waals surface area (Å²) in [5.74, 6) is -1.16. The van der Waals surface area contributed by atoms with Crippen LogP contribution in [0, 0.1) is 11.7 Å². The molecule has 5 aromatic rings. The van der Waals surface area contributed by atoms with Gasteiger partial charge in [0.05, 0.1) is 34.7 Å². The number of allylic oxidation sites excluding steroid dienone is 1. The van der Waals surface area contributed by atoms with Gasteiger partial charge in [-0.2, -0.15) is 13.2 Å². The first-order valence-corrected chi connectivity index (χ1v) is 14.0. The predicted octanol–water partition coefficient (Wildman–Crippen LogP) is 6.62. The topological polar surface area (TPSA) is 108 Å². The molecule has 1 atom stereocenters. The van der Waals surface area contributed by atoms with Gasteiger partial charge < -0.3 is 5.32 Å². The first-order chi connectivity index (χ1) is 21.5. The van der Waals surface area contributed by atoms with Crippen molar-refractivity contribution in [2.45, 2.75) is 25.9 Å². The molecule has 1 aliphatic rings. The van der Waals surface area contributed by atoms with Crippen LogP contribution in [0.5, 0.6) is 0 Å². The smallest absolute Gasteiger partial charge is 0.325 e. The Kier molecular flexibility index (Phi) is 7.79. The van der Waals surface area contributed by atoms with E-state index in [9.17, 15) is 27.2 Å². The average molecular weight is 636 g/mol. The molecule has 4 heterocycles. The number of nitrogens with zero attached hydrogens (tertiary/aromatic N) is 6. The number of rotatable bonds is 3. The number of amides is 1. The van der Waals surface area contributed by atoms with Gasteiger partial charge in [0.15, 0.2) is 5.69 Å². The zero-order valence-electron chi connectivity index (χ0n) is 23.4. The number of halogens is 5. The van der Waals surface area contributed by atoms with Gasteiger partial charge in [-0.25, -0.2) is 14.1 Å². The SMILES string of the molecule is C[C@@H]1CC/C=C(/n2cnc(-c3cc(Cl)ccc3-n3cc(C(F)(F)F)nn3)cc2=O)c2ccnc(c2)-c2cc(F)ccc2NC1=O. The highest BCUT2D eigenvalue weighted by Gasteiger charge is 2.34.